The lowest BCUT2D eigenvalue weighted by molar-refractivity contribution is 1.01. The largest absolute Gasteiger partial charge is 0.331 e. The first-order chi connectivity index (χ1) is 8.86. The van der Waals surface area contributed by atoms with Crippen molar-refractivity contribution < 1.29 is 0 Å². The molecule has 1 heterocycles. The molecule has 0 bridgehead atoms. The van der Waals surface area contributed by atoms with Crippen LogP contribution in [0.15, 0.2) is 47.8 Å². The highest BCUT2D eigenvalue weighted by atomic mass is 32.1. The highest BCUT2D eigenvalue weighted by Gasteiger charge is 2.03. The van der Waals surface area contributed by atoms with Gasteiger partial charge in [0.25, 0.3) is 0 Å². The number of rotatable bonds is 3. The van der Waals surface area contributed by atoms with Gasteiger partial charge in [0.1, 0.15) is 0 Å². The average molecular weight is 255 g/mol. The summed E-state index contributed by atoms with van der Waals surface area (Å²) in [5.41, 5.74) is 7.56. The maximum Gasteiger partial charge on any atom is 0.187 e. The van der Waals surface area contributed by atoms with E-state index in [9.17, 15) is 0 Å². The smallest absolute Gasteiger partial charge is 0.187 e. The Morgan fingerprint density at radius 2 is 1.94 bits per heavy atom. The topological polar surface area (TPSA) is 50.9 Å². The molecule has 3 aromatic rings. The summed E-state index contributed by atoms with van der Waals surface area (Å²) in [4.78, 5) is 4.41. The van der Waals surface area contributed by atoms with Gasteiger partial charge in [-0.05, 0) is 11.5 Å². The molecule has 0 unspecified atom stereocenters. The van der Waals surface area contributed by atoms with E-state index >= 15 is 0 Å². The van der Waals surface area contributed by atoms with Gasteiger partial charge in [-0.3, -0.25) is 0 Å². The van der Waals surface area contributed by atoms with Gasteiger partial charge in [0, 0.05) is 23.0 Å². The Labute approximate surface area is 109 Å². The lowest BCUT2D eigenvalue weighted by Crippen LogP contribution is -1.97. The second-order valence-electron chi connectivity index (χ2n) is 4.00. The van der Waals surface area contributed by atoms with Crippen molar-refractivity contribution in [2.45, 2.75) is 6.54 Å². The van der Waals surface area contributed by atoms with Gasteiger partial charge in [0.2, 0.25) is 0 Å². The summed E-state index contributed by atoms with van der Waals surface area (Å²) in [5.74, 6) is 0. The summed E-state index contributed by atoms with van der Waals surface area (Å²) in [6.07, 6.45) is 0. The molecule has 0 aliphatic rings. The molecule has 0 saturated carbocycles. The fraction of sp³-hybridized carbons (Fsp3) is 0.0714. The van der Waals surface area contributed by atoms with Crippen molar-refractivity contribution >= 4 is 32.9 Å². The van der Waals surface area contributed by atoms with E-state index in [1.807, 2.05) is 23.6 Å². The van der Waals surface area contributed by atoms with Crippen LogP contribution in [0.3, 0.4) is 0 Å². The van der Waals surface area contributed by atoms with Gasteiger partial charge in [0.15, 0.2) is 5.13 Å². The van der Waals surface area contributed by atoms with E-state index < -0.39 is 0 Å². The number of nitrogens with zero attached hydrogens (tertiary/aromatic N) is 1. The fourth-order valence-electron chi connectivity index (χ4n) is 1.91. The van der Waals surface area contributed by atoms with E-state index in [0.29, 0.717) is 6.54 Å². The van der Waals surface area contributed by atoms with E-state index in [-0.39, 0.29) is 0 Å². The quantitative estimate of drug-likeness (QED) is 0.753. The highest BCUT2D eigenvalue weighted by Crippen LogP contribution is 2.27. The summed E-state index contributed by atoms with van der Waals surface area (Å²) in [6, 6.07) is 14.5. The Morgan fingerprint density at radius 1 is 1.11 bits per heavy atom. The SMILES string of the molecule is NCc1csc(Nc2cccc3ccccc23)n1. The molecule has 2 aromatic carbocycles. The van der Waals surface area contributed by atoms with Crippen LogP contribution >= 0.6 is 11.3 Å². The van der Waals surface area contributed by atoms with E-state index in [1.165, 1.54) is 10.8 Å². The maximum atomic E-state index is 5.56. The Hall–Kier alpha value is -1.91. The van der Waals surface area contributed by atoms with Crippen LogP contribution in [-0.4, -0.2) is 4.98 Å². The first-order valence-electron chi connectivity index (χ1n) is 5.76. The molecule has 3 rings (SSSR count). The van der Waals surface area contributed by atoms with Crippen molar-refractivity contribution in [1.82, 2.24) is 4.98 Å². The zero-order valence-corrected chi connectivity index (χ0v) is 10.6. The molecular weight excluding hydrogens is 242 g/mol. The summed E-state index contributed by atoms with van der Waals surface area (Å²) in [5, 5.41) is 8.63. The van der Waals surface area contributed by atoms with Crippen LogP contribution < -0.4 is 11.1 Å². The summed E-state index contributed by atoms with van der Waals surface area (Å²) in [7, 11) is 0. The Bertz CT molecular complexity index is 670. The maximum absolute atomic E-state index is 5.56. The predicted octanol–water partition coefficient (Wildman–Crippen LogP) is 3.50. The number of thiazole rings is 1. The van der Waals surface area contributed by atoms with Crippen LogP contribution in [0.5, 0.6) is 0 Å². The van der Waals surface area contributed by atoms with E-state index in [4.69, 9.17) is 5.73 Å². The van der Waals surface area contributed by atoms with Crippen LogP contribution in [0.2, 0.25) is 0 Å². The molecule has 0 aliphatic carbocycles. The number of nitrogens with two attached hydrogens (primary N) is 1. The Balaban J connectivity index is 1.99. The first-order valence-corrected chi connectivity index (χ1v) is 6.64. The standard InChI is InChI=1S/C14H13N3S/c15-8-11-9-18-14(16-11)17-13-7-3-5-10-4-1-2-6-12(10)13/h1-7,9H,8,15H2,(H,16,17). The predicted molar refractivity (Wildman–Crippen MR) is 77.2 cm³/mol. The molecule has 0 radical (unpaired) electrons. The van der Waals surface area contributed by atoms with Gasteiger partial charge >= 0.3 is 0 Å². The third-order valence-corrected chi connectivity index (χ3v) is 3.60. The monoisotopic (exact) mass is 255 g/mol. The number of aromatic nitrogens is 1. The van der Waals surface area contributed by atoms with E-state index in [1.54, 1.807) is 11.3 Å². The fourth-order valence-corrected chi connectivity index (χ4v) is 2.64. The number of hydrogen-bond acceptors (Lipinski definition) is 4. The molecule has 0 aliphatic heterocycles. The minimum atomic E-state index is 0.480. The molecular formula is C14H13N3S. The van der Waals surface area contributed by atoms with Crippen molar-refractivity contribution in [2.75, 3.05) is 5.32 Å². The highest BCUT2D eigenvalue weighted by molar-refractivity contribution is 7.13. The van der Waals surface area contributed by atoms with Crippen LogP contribution in [0.1, 0.15) is 5.69 Å². The third kappa shape index (κ3) is 2.08. The zero-order valence-electron chi connectivity index (χ0n) is 9.76. The lowest BCUT2D eigenvalue weighted by atomic mass is 10.1. The number of hydrogen-bond donors (Lipinski definition) is 2. The molecule has 0 atom stereocenters. The minimum Gasteiger partial charge on any atom is -0.331 e. The average Bonchev–Trinajstić information content (AvgIpc) is 2.87. The van der Waals surface area contributed by atoms with Gasteiger partial charge in [-0.15, -0.1) is 11.3 Å². The molecule has 4 heteroatoms. The first kappa shape index (κ1) is 11.2. The second kappa shape index (κ2) is 4.76. The molecule has 18 heavy (non-hydrogen) atoms. The van der Waals surface area contributed by atoms with Gasteiger partial charge in [-0.1, -0.05) is 36.4 Å². The minimum absolute atomic E-state index is 0.480. The zero-order chi connectivity index (χ0) is 12.4. The van der Waals surface area contributed by atoms with E-state index in [2.05, 4.69) is 34.6 Å². The molecule has 3 nitrogen and oxygen atoms in total. The van der Waals surface area contributed by atoms with Crippen LogP contribution in [0.25, 0.3) is 10.8 Å². The number of fused-ring (bicyclic) bond motifs is 1. The Kier molecular flexibility index (Phi) is 2.96. The normalized spacial score (nSPS) is 10.7. The van der Waals surface area contributed by atoms with Crippen molar-refractivity contribution in [3.05, 3.63) is 53.5 Å². The molecule has 0 amide bonds. The van der Waals surface area contributed by atoms with Crippen molar-refractivity contribution in [3.8, 4) is 0 Å². The third-order valence-electron chi connectivity index (χ3n) is 2.79. The number of anilines is 2. The molecule has 90 valence electrons. The molecule has 0 fully saturated rings. The summed E-state index contributed by atoms with van der Waals surface area (Å²) < 4.78 is 0. The van der Waals surface area contributed by atoms with Gasteiger partial charge in [0.05, 0.1) is 5.69 Å². The van der Waals surface area contributed by atoms with Gasteiger partial charge < -0.3 is 11.1 Å². The molecule has 0 spiro atoms. The number of benzene rings is 2. The lowest BCUT2D eigenvalue weighted by Gasteiger charge is -2.06. The number of nitrogens with one attached hydrogen (secondary N) is 1. The van der Waals surface area contributed by atoms with Crippen molar-refractivity contribution in [1.29, 1.82) is 0 Å². The molecule has 3 N–H and O–H groups in total. The van der Waals surface area contributed by atoms with Crippen molar-refractivity contribution in [3.63, 3.8) is 0 Å². The molecule has 0 saturated heterocycles. The summed E-state index contributed by atoms with van der Waals surface area (Å²) in [6.45, 7) is 0.480. The second-order valence-corrected chi connectivity index (χ2v) is 4.86. The summed E-state index contributed by atoms with van der Waals surface area (Å²) >= 11 is 1.58. The van der Waals surface area contributed by atoms with Crippen molar-refractivity contribution in [2.24, 2.45) is 5.73 Å². The Morgan fingerprint density at radius 3 is 2.78 bits per heavy atom. The van der Waals surface area contributed by atoms with E-state index in [0.717, 1.165) is 16.5 Å². The van der Waals surface area contributed by atoms with Gasteiger partial charge in [-0.2, -0.15) is 0 Å². The van der Waals surface area contributed by atoms with Gasteiger partial charge in [-0.25, -0.2) is 4.98 Å². The van der Waals surface area contributed by atoms with Crippen LogP contribution in [-0.2, 0) is 6.54 Å². The van der Waals surface area contributed by atoms with Crippen LogP contribution in [0.4, 0.5) is 10.8 Å². The molecule has 1 aromatic heterocycles. The van der Waals surface area contributed by atoms with Crippen LogP contribution in [0, 0.1) is 0 Å².